The van der Waals surface area contributed by atoms with Crippen molar-refractivity contribution in [3.8, 4) is 0 Å². The average molecular weight is 312 g/mol. The molecule has 0 saturated heterocycles. The van der Waals surface area contributed by atoms with Crippen molar-refractivity contribution in [2.75, 3.05) is 0 Å². The van der Waals surface area contributed by atoms with Gasteiger partial charge >= 0.3 is 0 Å². The van der Waals surface area contributed by atoms with E-state index >= 15 is 0 Å². The van der Waals surface area contributed by atoms with Gasteiger partial charge in [-0.3, -0.25) is 9.59 Å². The zero-order chi connectivity index (χ0) is 17.0. The van der Waals surface area contributed by atoms with Crippen LogP contribution >= 0.6 is 0 Å². The van der Waals surface area contributed by atoms with E-state index in [0.29, 0.717) is 0 Å². The smallest absolute Gasteiger partial charge is 0.242 e. The summed E-state index contributed by atoms with van der Waals surface area (Å²) in [5.74, 6) is -0.332. The van der Waals surface area contributed by atoms with Crippen LogP contribution in [0, 0.1) is 0 Å². The predicted octanol–water partition coefficient (Wildman–Crippen LogP) is 2.80. The molecule has 0 spiro atoms. The molecular formula is C19H24N2O2. The second-order valence-electron chi connectivity index (χ2n) is 6.84. The van der Waals surface area contributed by atoms with Gasteiger partial charge in [0.05, 0.1) is 6.42 Å². The van der Waals surface area contributed by atoms with Crippen molar-refractivity contribution in [1.29, 1.82) is 0 Å². The fourth-order valence-corrected chi connectivity index (χ4v) is 2.46. The summed E-state index contributed by atoms with van der Waals surface area (Å²) in [6.07, 6.45) is 0.258. The highest BCUT2D eigenvalue weighted by molar-refractivity contribution is 5.92. The molecule has 122 valence electrons. The van der Waals surface area contributed by atoms with Crippen LogP contribution in [0.15, 0.2) is 42.5 Å². The molecule has 4 heteroatoms. The Labute approximate surface area is 137 Å². The first-order chi connectivity index (χ1) is 10.8. The van der Waals surface area contributed by atoms with E-state index in [1.54, 1.807) is 6.92 Å². The van der Waals surface area contributed by atoms with E-state index < -0.39 is 6.04 Å². The summed E-state index contributed by atoms with van der Waals surface area (Å²) in [4.78, 5) is 24.3. The minimum Gasteiger partial charge on any atom is -0.350 e. The first-order valence-electron chi connectivity index (χ1n) is 7.84. The maximum atomic E-state index is 12.2. The molecule has 0 aliphatic carbocycles. The van der Waals surface area contributed by atoms with Crippen LogP contribution in [0.5, 0.6) is 0 Å². The molecule has 23 heavy (non-hydrogen) atoms. The fourth-order valence-electron chi connectivity index (χ4n) is 2.46. The Balaban J connectivity index is 2.03. The van der Waals surface area contributed by atoms with Gasteiger partial charge in [-0.05, 0) is 44.0 Å². The van der Waals surface area contributed by atoms with Gasteiger partial charge in [0.1, 0.15) is 6.04 Å². The summed E-state index contributed by atoms with van der Waals surface area (Å²) >= 11 is 0. The molecule has 1 atom stereocenters. The highest BCUT2D eigenvalue weighted by Crippen LogP contribution is 2.18. The second kappa shape index (κ2) is 6.82. The van der Waals surface area contributed by atoms with E-state index in [9.17, 15) is 9.59 Å². The van der Waals surface area contributed by atoms with Crippen LogP contribution < -0.4 is 10.6 Å². The lowest BCUT2D eigenvalue weighted by Gasteiger charge is -2.23. The van der Waals surface area contributed by atoms with Gasteiger partial charge in [-0.2, -0.15) is 0 Å². The quantitative estimate of drug-likeness (QED) is 0.912. The molecule has 2 rings (SSSR count). The molecule has 0 aliphatic heterocycles. The van der Waals surface area contributed by atoms with Crippen molar-refractivity contribution in [2.24, 2.45) is 0 Å². The Bertz CT molecular complexity index is 711. The lowest BCUT2D eigenvalue weighted by atomic mass is 10.0. The molecule has 0 heterocycles. The SMILES string of the molecule is CC(NC(=O)Cc1cccc2ccccc12)C(=O)NC(C)(C)C. The van der Waals surface area contributed by atoms with Gasteiger partial charge in [0.25, 0.3) is 0 Å². The van der Waals surface area contributed by atoms with Gasteiger partial charge in [0.2, 0.25) is 11.8 Å². The molecule has 0 aromatic heterocycles. The highest BCUT2D eigenvalue weighted by Gasteiger charge is 2.20. The number of rotatable bonds is 4. The molecule has 2 N–H and O–H groups in total. The van der Waals surface area contributed by atoms with Crippen molar-refractivity contribution in [1.82, 2.24) is 10.6 Å². The van der Waals surface area contributed by atoms with Crippen molar-refractivity contribution in [3.63, 3.8) is 0 Å². The standard InChI is InChI=1S/C19H24N2O2/c1-13(18(23)21-19(2,3)4)20-17(22)12-15-10-7-9-14-8-5-6-11-16(14)15/h5-11,13H,12H2,1-4H3,(H,20,22)(H,21,23). The minimum atomic E-state index is -0.559. The fraction of sp³-hybridized carbons (Fsp3) is 0.368. The van der Waals surface area contributed by atoms with E-state index in [1.165, 1.54) is 0 Å². The number of nitrogens with one attached hydrogen (secondary N) is 2. The van der Waals surface area contributed by atoms with Gasteiger partial charge < -0.3 is 10.6 Å². The maximum absolute atomic E-state index is 12.2. The summed E-state index contributed by atoms with van der Waals surface area (Å²) in [6, 6.07) is 13.3. The summed E-state index contributed by atoms with van der Waals surface area (Å²) < 4.78 is 0. The number of carbonyl (C=O) groups excluding carboxylic acids is 2. The van der Waals surface area contributed by atoms with E-state index in [2.05, 4.69) is 10.6 Å². The second-order valence-corrected chi connectivity index (χ2v) is 6.84. The summed E-state index contributed by atoms with van der Waals surface area (Å²) in [6.45, 7) is 7.43. The van der Waals surface area contributed by atoms with E-state index in [0.717, 1.165) is 16.3 Å². The molecule has 0 fully saturated rings. The molecule has 0 aliphatic rings. The van der Waals surface area contributed by atoms with Crippen molar-refractivity contribution in [3.05, 3.63) is 48.0 Å². The molecule has 0 bridgehead atoms. The third-order valence-corrected chi connectivity index (χ3v) is 3.50. The maximum Gasteiger partial charge on any atom is 0.242 e. The molecule has 0 radical (unpaired) electrons. The predicted molar refractivity (Wildman–Crippen MR) is 93.2 cm³/mol. The number of fused-ring (bicyclic) bond motifs is 1. The summed E-state index contributed by atoms with van der Waals surface area (Å²) in [7, 11) is 0. The van der Waals surface area contributed by atoms with Crippen molar-refractivity contribution >= 4 is 22.6 Å². The normalized spacial score (nSPS) is 12.7. The van der Waals surface area contributed by atoms with Gasteiger partial charge in [0, 0.05) is 5.54 Å². The Morgan fingerprint density at radius 1 is 1.04 bits per heavy atom. The Morgan fingerprint density at radius 2 is 1.70 bits per heavy atom. The number of hydrogen-bond acceptors (Lipinski definition) is 2. The van der Waals surface area contributed by atoms with Crippen molar-refractivity contribution < 1.29 is 9.59 Å². The lowest BCUT2D eigenvalue weighted by molar-refractivity contribution is -0.129. The first-order valence-corrected chi connectivity index (χ1v) is 7.84. The number of benzene rings is 2. The minimum absolute atomic E-state index is 0.155. The molecular weight excluding hydrogens is 288 g/mol. The summed E-state index contributed by atoms with van der Waals surface area (Å²) in [5, 5.41) is 7.80. The molecule has 1 unspecified atom stereocenters. The zero-order valence-corrected chi connectivity index (χ0v) is 14.1. The average Bonchev–Trinajstić information content (AvgIpc) is 2.45. The van der Waals surface area contributed by atoms with Gasteiger partial charge in [-0.1, -0.05) is 42.5 Å². The third-order valence-electron chi connectivity index (χ3n) is 3.50. The van der Waals surface area contributed by atoms with Crippen LogP contribution in [0.3, 0.4) is 0 Å². The van der Waals surface area contributed by atoms with Crippen LogP contribution in [-0.4, -0.2) is 23.4 Å². The van der Waals surface area contributed by atoms with Crippen LogP contribution in [-0.2, 0) is 16.0 Å². The number of hydrogen-bond donors (Lipinski definition) is 2. The molecule has 2 amide bonds. The Morgan fingerprint density at radius 3 is 2.39 bits per heavy atom. The van der Waals surface area contributed by atoms with E-state index in [4.69, 9.17) is 0 Å². The number of carbonyl (C=O) groups is 2. The molecule has 2 aromatic rings. The topological polar surface area (TPSA) is 58.2 Å². The first kappa shape index (κ1) is 17.0. The van der Waals surface area contributed by atoms with Crippen LogP contribution in [0.1, 0.15) is 33.3 Å². The largest absolute Gasteiger partial charge is 0.350 e. The van der Waals surface area contributed by atoms with E-state index in [-0.39, 0.29) is 23.8 Å². The molecule has 2 aromatic carbocycles. The lowest BCUT2D eigenvalue weighted by Crippen LogP contribution is -2.51. The molecule has 4 nitrogen and oxygen atoms in total. The van der Waals surface area contributed by atoms with Crippen molar-refractivity contribution in [2.45, 2.75) is 45.7 Å². The Hall–Kier alpha value is -2.36. The van der Waals surface area contributed by atoms with Crippen LogP contribution in [0.2, 0.25) is 0 Å². The van der Waals surface area contributed by atoms with E-state index in [1.807, 2.05) is 63.2 Å². The summed E-state index contributed by atoms with van der Waals surface area (Å²) in [5.41, 5.74) is 0.648. The monoisotopic (exact) mass is 312 g/mol. The zero-order valence-electron chi connectivity index (χ0n) is 14.1. The van der Waals surface area contributed by atoms with Crippen LogP contribution in [0.25, 0.3) is 10.8 Å². The van der Waals surface area contributed by atoms with Gasteiger partial charge in [0.15, 0.2) is 0 Å². The third kappa shape index (κ3) is 4.81. The number of amides is 2. The highest BCUT2D eigenvalue weighted by atomic mass is 16.2. The van der Waals surface area contributed by atoms with Crippen LogP contribution in [0.4, 0.5) is 0 Å². The Kier molecular flexibility index (Phi) is 5.04. The van der Waals surface area contributed by atoms with Gasteiger partial charge in [-0.15, -0.1) is 0 Å². The molecule has 0 saturated carbocycles. The van der Waals surface area contributed by atoms with Gasteiger partial charge in [-0.25, -0.2) is 0 Å².